The molecule has 0 spiro atoms. The summed E-state index contributed by atoms with van der Waals surface area (Å²) in [5.41, 5.74) is 0.437. The van der Waals surface area contributed by atoms with Crippen molar-refractivity contribution in [3.05, 3.63) is 52.6 Å². The van der Waals surface area contributed by atoms with Crippen LogP contribution in [0.3, 0.4) is 0 Å². The summed E-state index contributed by atoms with van der Waals surface area (Å²) in [6, 6.07) is 11.8. The zero-order chi connectivity index (χ0) is 17.8. The number of carbonyl (C=O) groups is 1. The smallest absolute Gasteiger partial charge is 0.256 e. The van der Waals surface area contributed by atoms with Crippen LogP contribution in [0, 0.1) is 0 Å². The van der Waals surface area contributed by atoms with Gasteiger partial charge in [0.25, 0.3) is 5.91 Å². The Kier molecular flexibility index (Phi) is 5.71. The minimum Gasteiger partial charge on any atom is -0.438 e. The Hall–Kier alpha value is -1.92. The van der Waals surface area contributed by atoms with Gasteiger partial charge in [0.05, 0.1) is 0 Å². The lowest BCUT2D eigenvalue weighted by Gasteiger charge is -2.24. The molecule has 1 aliphatic carbocycles. The van der Waals surface area contributed by atoms with Gasteiger partial charge in [-0.15, -0.1) is 0 Å². The van der Waals surface area contributed by atoms with E-state index in [0.717, 1.165) is 4.47 Å². The molecule has 1 aliphatic rings. The van der Waals surface area contributed by atoms with Crippen LogP contribution < -0.4 is 10.1 Å². The number of hydrogen-bond donors (Lipinski definition) is 1. The first-order valence-corrected chi connectivity index (χ1v) is 9.22. The van der Waals surface area contributed by atoms with Gasteiger partial charge in [0.2, 0.25) is 5.88 Å². The van der Waals surface area contributed by atoms with Gasteiger partial charge < -0.3 is 10.1 Å². The normalized spacial score (nSPS) is 15.0. The summed E-state index contributed by atoms with van der Waals surface area (Å²) in [6.07, 6.45) is 4.12. The molecule has 1 amide bonds. The monoisotopic (exact) mass is 403 g/mol. The van der Waals surface area contributed by atoms with Crippen molar-refractivity contribution in [2.45, 2.75) is 31.8 Å². The minimum atomic E-state index is -0.170. The van der Waals surface area contributed by atoms with Crippen molar-refractivity contribution in [1.29, 1.82) is 0 Å². The van der Waals surface area contributed by atoms with Gasteiger partial charge in [0, 0.05) is 29.3 Å². The Labute approximate surface area is 156 Å². The molecule has 1 aromatic heterocycles. The highest BCUT2D eigenvalue weighted by Crippen LogP contribution is 2.27. The second-order valence-corrected chi connectivity index (χ2v) is 7.28. The number of halogens is 1. The average molecular weight is 404 g/mol. The van der Waals surface area contributed by atoms with Gasteiger partial charge in [-0.2, -0.15) is 0 Å². The number of carbonyl (C=O) groups excluding carboxylic acids is 1. The molecule has 25 heavy (non-hydrogen) atoms. The van der Waals surface area contributed by atoms with Gasteiger partial charge in [-0.25, -0.2) is 4.98 Å². The van der Waals surface area contributed by atoms with E-state index in [9.17, 15) is 4.79 Å². The molecule has 1 N–H and O–H groups in total. The van der Waals surface area contributed by atoms with Gasteiger partial charge in [-0.1, -0.05) is 15.9 Å². The maximum atomic E-state index is 12.6. The van der Waals surface area contributed by atoms with Crippen LogP contribution in [0.25, 0.3) is 0 Å². The maximum Gasteiger partial charge on any atom is 0.256 e. The van der Waals surface area contributed by atoms with Crippen LogP contribution in [0.5, 0.6) is 11.6 Å². The number of pyridine rings is 1. The summed E-state index contributed by atoms with van der Waals surface area (Å²) in [6.45, 7) is 2.72. The molecule has 0 aliphatic heterocycles. The van der Waals surface area contributed by atoms with Crippen molar-refractivity contribution >= 4 is 21.8 Å². The highest BCUT2D eigenvalue weighted by Gasteiger charge is 2.29. The molecule has 6 heteroatoms. The molecule has 1 fully saturated rings. The zero-order valence-corrected chi connectivity index (χ0v) is 16.0. The van der Waals surface area contributed by atoms with E-state index in [2.05, 4.69) is 45.1 Å². The third-order valence-corrected chi connectivity index (χ3v) is 4.95. The summed E-state index contributed by atoms with van der Waals surface area (Å²) in [7, 11) is 2.11. The molecular weight excluding hydrogens is 382 g/mol. The first-order chi connectivity index (χ1) is 12.0. The third-order valence-electron chi connectivity index (χ3n) is 4.42. The number of amides is 1. The van der Waals surface area contributed by atoms with Crippen molar-refractivity contribution in [3.8, 4) is 11.6 Å². The van der Waals surface area contributed by atoms with Crippen LogP contribution in [-0.4, -0.2) is 41.5 Å². The number of benzene rings is 1. The molecule has 0 radical (unpaired) electrons. The lowest BCUT2D eigenvalue weighted by atomic mass is 10.2. The minimum absolute atomic E-state index is 0.170. The van der Waals surface area contributed by atoms with E-state index >= 15 is 0 Å². The van der Waals surface area contributed by atoms with Crippen LogP contribution in [0.1, 0.15) is 30.1 Å². The van der Waals surface area contributed by atoms with Crippen molar-refractivity contribution in [3.63, 3.8) is 0 Å². The van der Waals surface area contributed by atoms with Gasteiger partial charge in [-0.05, 0) is 63.2 Å². The number of nitrogens with zero attached hydrogens (tertiary/aromatic N) is 2. The first-order valence-electron chi connectivity index (χ1n) is 8.43. The molecule has 1 unspecified atom stereocenters. The number of ether oxygens (including phenoxy) is 1. The van der Waals surface area contributed by atoms with E-state index in [1.807, 2.05) is 24.3 Å². The van der Waals surface area contributed by atoms with Gasteiger partial charge >= 0.3 is 0 Å². The molecule has 1 heterocycles. The molecule has 0 saturated heterocycles. The van der Waals surface area contributed by atoms with Crippen LogP contribution >= 0.6 is 15.9 Å². The number of hydrogen-bond acceptors (Lipinski definition) is 4. The van der Waals surface area contributed by atoms with Crippen LogP contribution in [0.2, 0.25) is 0 Å². The van der Waals surface area contributed by atoms with E-state index in [1.54, 1.807) is 18.3 Å². The Bertz CT molecular complexity index is 732. The predicted octanol–water partition coefficient (Wildman–Crippen LogP) is 3.85. The molecule has 5 nitrogen and oxygen atoms in total. The summed E-state index contributed by atoms with van der Waals surface area (Å²) < 4.78 is 6.75. The summed E-state index contributed by atoms with van der Waals surface area (Å²) in [4.78, 5) is 19.1. The highest BCUT2D eigenvalue weighted by atomic mass is 79.9. The topological polar surface area (TPSA) is 54.5 Å². The van der Waals surface area contributed by atoms with E-state index < -0.39 is 0 Å². The van der Waals surface area contributed by atoms with Crippen molar-refractivity contribution in [2.24, 2.45) is 0 Å². The number of likely N-dealkylation sites (N-methyl/N-ethyl adjacent to an activating group) is 1. The maximum absolute atomic E-state index is 12.6. The van der Waals surface area contributed by atoms with Crippen LogP contribution in [-0.2, 0) is 0 Å². The van der Waals surface area contributed by atoms with E-state index in [1.165, 1.54) is 12.8 Å². The van der Waals surface area contributed by atoms with Crippen LogP contribution in [0.15, 0.2) is 47.1 Å². The van der Waals surface area contributed by atoms with E-state index in [-0.39, 0.29) is 5.91 Å². The molecule has 0 bridgehead atoms. The Morgan fingerprint density at radius 3 is 2.76 bits per heavy atom. The van der Waals surface area contributed by atoms with Crippen molar-refractivity contribution < 1.29 is 9.53 Å². The Morgan fingerprint density at radius 2 is 2.08 bits per heavy atom. The van der Waals surface area contributed by atoms with Gasteiger partial charge in [0.1, 0.15) is 11.3 Å². The number of aromatic nitrogens is 1. The fourth-order valence-electron chi connectivity index (χ4n) is 2.58. The van der Waals surface area contributed by atoms with Gasteiger partial charge in [0.15, 0.2) is 0 Å². The molecule has 1 atom stereocenters. The second-order valence-electron chi connectivity index (χ2n) is 6.37. The molecule has 1 saturated carbocycles. The standard InChI is InChI=1S/C19H22BrN3O2/c1-13(23(2)15-7-8-15)12-22-18(24)17-4-3-11-21-19(17)25-16-9-5-14(20)6-10-16/h3-6,9-11,13,15H,7-8,12H2,1-2H3,(H,22,24). The van der Waals surface area contributed by atoms with E-state index in [4.69, 9.17) is 4.74 Å². The highest BCUT2D eigenvalue weighted by molar-refractivity contribution is 9.10. The SMILES string of the molecule is CC(CNC(=O)c1cccnc1Oc1ccc(Br)cc1)N(C)C1CC1. The molecule has 1 aromatic carbocycles. The lowest BCUT2D eigenvalue weighted by Crippen LogP contribution is -2.41. The fourth-order valence-corrected chi connectivity index (χ4v) is 2.84. The summed E-state index contributed by atoms with van der Waals surface area (Å²) >= 11 is 3.39. The summed E-state index contributed by atoms with van der Waals surface area (Å²) in [5.74, 6) is 0.777. The number of nitrogens with one attached hydrogen (secondary N) is 1. The largest absolute Gasteiger partial charge is 0.438 e. The second kappa shape index (κ2) is 7.97. The zero-order valence-electron chi connectivity index (χ0n) is 14.4. The molecular formula is C19H22BrN3O2. The van der Waals surface area contributed by atoms with Gasteiger partial charge in [-0.3, -0.25) is 9.69 Å². The lowest BCUT2D eigenvalue weighted by molar-refractivity contribution is 0.0936. The Morgan fingerprint density at radius 1 is 1.36 bits per heavy atom. The van der Waals surface area contributed by atoms with E-state index in [0.29, 0.717) is 35.8 Å². The quantitative estimate of drug-likeness (QED) is 0.762. The predicted molar refractivity (Wildman–Crippen MR) is 101 cm³/mol. The number of rotatable bonds is 7. The third kappa shape index (κ3) is 4.80. The first kappa shape index (κ1) is 17.9. The van der Waals surface area contributed by atoms with Crippen LogP contribution in [0.4, 0.5) is 0 Å². The molecule has 3 rings (SSSR count). The summed E-state index contributed by atoms with van der Waals surface area (Å²) in [5, 5.41) is 2.99. The average Bonchev–Trinajstić information content (AvgIpc) is 3.46. The van der Waals surface area contributed by atoms with Crippen molar-refractivity contribution in [2.75, 3.05) is 13.6 Å². The Balaban J connectivity index is 1.64. The molecule has 132 valence electrons. The fraction of sp³-hybridized carbons (Fsp3) is 0.368. The molecule has 2 aromatic rings. The van der Waals surface area contributed by atoms with Crippen molar-refractivity contribution in [1.82, 2.24) is 15.2 Å².